The molecule has 0 bridgehead atoms. The lowest BCUT2D eigenvalue weighted by atomic mass is 10.0. The van der Waals surface area contributed by atoms with Gasteiger partial charge in [-0.25, -0.2) is 0 Å². The molecule has 0 aromatic heterocycles. The van der Waals surface area contributed by atoms with E-state index in [9.17, 15) is 14.9 Å². The number of ether oxygens (including phenoxy) is 1. The summed E-state index contributed by atoms with van der Waals surface area (Å²) >= 11 is 0. The first-order chi connectivity index (χ1) is 7.56. The maximum absolute atomic E-state index is 10.8. The van der Waals surface area contributed by atoms with E-state index in [1.807, 2.05) is 6.92 Å². The minimum atomic E-state index is -0.944. The molecule has 0 heterocycles. The summed E-state index contributed by atoms with van der Waals surface area (Å²) in [6.45, 7) is 1.70. The van der Waals surface area contributed by atoms with Crippen molar-refractivity contribution in [2.24, 2.45) is 0 Å². The van der Waals surface area contributed by atoms with Crippen LogP contribution in [0, 0.1) is 10.1 Å². The monoisotopic (exact) mass is 219 g/mol. The molecule has 1 rings (SSSR count). The Bertz CT molecular complexity index is 419. The Morgan fingerprint density at radius 2 is 2.25 bits per heavy atom. The zero-order valence-electron chi connectivity index (χ0n) is 8.80. The third-order valence-corrected chi connectivity index (χ3v) is 2.18. The standard InChI is InChI=1S/C10H10BNO4/c1-2-7-4-3-5-9(12(14)15)8(7)6-16-10(11)13/h3-5H,2,6H2,1H3. The van der Waals surface area contributed by atoms with Crippen molar-refractivity contribution >= 4 is 19.4 Å². The van der Waals surface area contributed by atoms with Crippen LogP contribution in [-0.4, -0.2) is 18.6 Å². The van der Waals surface area contributed by atoms with Crippen molar-refractivity contribution in [3.63, 3.8) is 0 Å². The number of hydrogen-bond donors (Lipinski definition) is 0. The van der Waals surface area contributed by atoms with Crippen molar-refractivity contribution in [1.82, 2.24) is 0 Å². The van der Waals surface area contributed by atoms with Crippen LogP contribution < -0.4 is 0 Å². The van der Waals surface area contributed by atoms with E-state index in [0.717, 1.165) is 5.56 Å². The molecule has 0 fully saturated rings. The molecule has 0 N–H and O–H groups in total. The molecule has 0 aliphatic carbocycles. The highest BCUT2D eigenvalue weighted by Gasteiger charge is 2.17. The molecule has 0 spiro atoms. The van der Waals surface area contributed by atoms with Gasteiger partial charge in [-0.3, -0.25) is 14.9 Å². The highest BCUT2D eigenvalue weighted by molar-refractivity contribution is 6.55. The van der Waals surface area contributed by atoms with Crippen LogP contribution in [0.25, 0.3) is 0 Å². The number of benzene rings is 1. The van der Waals surface area contributed by atoms with Crippen LogP contribution >= 0.6 is 0 Å². The van der Waals surface area contributed by atoms with Crippen molar-refractivity contribution < 1.29 is 14.5 Å². The fourth-order valence-electron chi connectivity index (χ4n) is 1.43. The van der Waals surface area contributed by atoms with Gasteiger partial charge in [0.1, 0.15) is 6.61 Å². The van der Waals surface area contributed by atoms with E-state index in [2.05, 4.69) is 4.74 Å². The maximum Gasteiger partial charge on any atom is 0.276 e. The van der Waals surface area contributed by atoms with Gasteiger partial charge in [0, 0.05) is 6.07 Å². The lowest BCUT2D eigenvalue weighted by molar-refractivity contribution is -0.385. The first-order valence-corrected chi connectivity index (χ1v) is 4.73. The van der Waals surface area contributed by atoms with Crippen LogP contribution in [0.1, 0.15) is 18.1 Å². The molecule has 0 unspecified atom stereocenters. The van der Waals surface area contributed by atoms with Crippen molar-refractivity contribution in [2.75, 3.05) is 0 Å². The normalized spacial score (nSPS) is 9.81. The van der Waals surface area contributed by atoms with Crippen LogP contribution in [0.4, 0.5) is 10.5 Å². The second kappa shape index (κ2) is 5.30. The third-order valence-electron chi connectivity index (χ3n) is 2.18. The smallest absolute Gasteiger partial charge is 0.276 e. The second-order valence-electron chi connectivity index (χ2n) is 3.13. The Balaban J connectivity index is 3.09. The molecule has 6 heteroatoms. The molecular weight excluding hydrogens is 209 g/mol. The summed E-state index contributed by atoms with van der Waals surface area (Å²) in [5, 5.41) is 10.8. The van der Waals surface area contributed by atoms with Gasteiger partial charge in [0.05, 0.1) is 10.5 Å². The van der Waals surface area contributed by atoms with Gasteiger partial charge in [0.25, 0.3) is 5.69 Å². The molecule has 16 heavy (non-hydrogen) atoms. The highest BCUT2D eigenvalue weighted by Crippen LogP contribution is 2.23. The minimum Gasteiger partial charge on any atom is -0.470 e. The molecule has 0 saturated carbocycles. The van der Waals surface area contributed by atoms with Crippen LogP contribution in [0.5, 0.6) is 0 Å². The van der Waals surface area contributed by atoms with Gasteiger partial charge in [-0.15, -0.1) is 0 Å². The van der Waals surface area contributed by atoms with Gasteiger partial charge < -0.3 is 4.74 Å². The molecule has 0 amide bonds. The van der Waals surface area contributed by atoms with Crippen LogP contribution in [0.2, 0.25) is 0 Å². The quantitative estimate of drug-likeness (QED) is 0.440. The molecule has 0 aliphatic heterocycles. The average molecular weight is 219 g/mol. The van der Waals surface area contributed by atoms with E-state index in [4.69, 9.17) is 7.85 Å². The zero-order valence-corrected chi connectivity index (χ0v) is 8.80. The summed E-state index contributed by atoms with van der Waals surface area (Å²) in [6.07, 6.45) is 0.624. The van der Waals surface area contributed by atoms with Gasteiger partial charge in [-0.05, 0) is 12.0 Å². The Labute approximate surface area is 94.0 Å². The van der Waals surface area contributed by atoms with Gasteiger partial charge in [-0.1, -0.05) is 19.1 Å². The summed E-state index contributed by atoms with van der Waals surface area (Å²) in [4.78, 5) is 20.8. The molecular formula is C10H10BNO4. The van der Waals surface area contributed by atoms with E-state index in [0.29, 0.717) is 12.0 Å². The number of carbonyl (C=O) groups excluding carboxylic acids is 1. The number of carbonyl (C=O) groups is 1. The van der Waals surface area contributed by atoms with E-state index in [-0.39, 0.29) is 12.3 Å². The number of nitro groups is 1. The Morgan fingerprint density at radius 3 is 2.75 bits per heavy atom. The van der Waals surface area contributed by atoms with Gasteiger partial charge in [0.15, 0.2) is 0 Å². The highest BCUT2D eigenvalue weighted by atomic mass is 16.6. The zero-order chi connectivity index (χ0) is 12.1. The second-order valence-corrected chi connectivity index (χ2v) is 3.13. The van der Waals surface area contributed by atoms with Crippen molar-refractivity contribution in [3.8, 4) is 0 Å². The van der Waals surface area contributed by atoms with E-state index in [1.165, 1.54) is 6.07 Å². The van der Waals surface area contributed by atoms with Crippen molar-refractivity contribution in [1.29, 1.82) is 0 Å². The number of aryl methyl sites for hydroxylation is 1. The fourth-order valence-corrected chi connectivity index (χ4v) is 1.43. The number of nitro benzene ring substituents is 1. The summed E-state index contributed by atoms with van der Waals surface area (Å²) in [5.41, 5.74) is 1.12. The van der Waals surface area contributed by atoms with Gasteiger partial charge >= 0.3 is 0 Å². The Hall–Kier alpha value is -1.85. The lowest BCUT2D eigenvalue weighted by Gasteiger charge is -2.08. The average Bonchev–Trinajstić information content (AvgIpc) is 2.25. The van der Waals surface area contributed by atoms with Crippen LogP contribution in [0.3, 0.4) is 0 Å². The predicted octanol–water partition coefficient (Wildman–Crippen LogP) is 1.96. The summed E-state index contributed by atoms with van der Waals surface area (Å²) in [6, 6.07) is 4.73. The fraction of sp³-hybridized carbons (Fsp3) is 0.300. The largest absolute Gasteiger partial charge is 0.470 e. The molecule has 1 aromatic rings. The number of nitrogens with zero attached hydrogens (tertiary/aromatic N) is 1. The first-order valence-electron chi connectivity index (χ1n) is 4.73. The first kappa shape index (κ1) is 12.2. The lowest BCUT2D eigenvalue weighted by Crippen LogP contribution is -2.06. The van der Waals surface area contributed by atoms with E-state index in [1.54, 1.807) is 12.1 Å². The van der Waals surface area contributed by atoms with Gasteiger partial charge in [0.2, 0.25) is 13.7 Å². The van der Waals surface area contributed by atoms with Crippen molar-refractivity contribution in [2.45, 2.75) is 20.0 Å². The van der Waals surface area contributed by atoms with Crippen LogP contribution in [0.15, 0.2) is 18.2 Å². The van der Waals surface area contributed by atoms with E-state index >= 15 is 0 Å². The molecule has 0 aliphatic rings. The van der Waals surface area contributed by atoms with Crippen LogP contribution in [-0.2, 0) is 17.8 Å². The number of rotatable bonds is 4. The SMILES string of the molecule is [B]C(=O)OCc1c(CC)cccc1[N+](=O)[O-]. The van der Waals surface area contributed by atoms with E-state index < -0.39 is 10.8 Å². The van der Waals surface area contributed by atoms with Gasteiger partial charge in [-0.2, -0.15) is 0 Å². The number of hydrogen-bond acceptors (Lipinski definition) is 4. The molecule has 1 aromatic carbocycles. The summed E-state index contributed by atoms with van der Waals surface area (Å²) < 4.78 is 4.60. The molecule has 2 radical (unpaired) electrons. The predicted molar refractivity (Wildman–Crippen MR) is 58.4 cm³/mol. The Morgan fingerprint density at radius 1 is 1.56 bits per heavy atom. The summed E-state index contributed by atoms with van der Waals surface area (Å²) in [7, 11) is 4.83. The molecule has 0 atom stereocenters. The third kappa shape index (κ3) is 2.82. The summed E-state index contributed by atoms with van der Waals surface area (Å²) in [5.74, 6) is -0.944. The topological polar surface area (TPSA) is 69.4 Å². The molecule has 82 valence electrons. The molecule has 0 saturated heterocycles. The Kier molecular flexibility index (Phi) is 4.05. The molecule has 5 nitrogen and oxygen atoms in total. The minimum absolute atomic E-state index is 0.0550. The maximum atomic E-state index is 10.8. The van der Waals surface area contributed by atoms with Crippen molar-refractivity contribution in [3.05, 3.63) is 39.4 Å².